The second-order valence-corrected chi connectivity index (χ2v) is 10.6. The van der Waals surface area contributed by atoms with Crippen LogP contribution < -0.4 is 10.1 Å². The van der Waals surface area contributed by atoms with E-state index < -0.39 is 25.4 Å². The Hall–Kier alpha value is -1.65. The van der Waals surface area contributed by atoms with E-state index in [1.807, 2.05) is 0 Å². The molecule has 0 aromatic heterocycles. The Morgan fingerprint density at radius 1 is 1.38 bits per heavy atom. The van der Waals surface area contributed by atoms with E-state index in [0.717, 1.165) is 0 Å². The lowest BCUT2D eigenvalue weighted by molar-refractivity contribution is -0.114. The molecular weight excluding hydrogens is 380 g/mol. The van der Waals surface area contributed by atoms with Gasteiger partial charge in [0.2, 0.25) is 15.9 Å². The second kappa shape index (κ2) is 7.16. The minimum Gasteiger partial charge on any atom is -0.495 e. The molecule has 1 aromatic carbocycles. The van der Waals surface area contributed by atoms with Gasteiger partial charge in [0.05, 0.1) is 29.2 Å². The summed E-state index contributed by atoms with van der Waals surface area (Å²) in [7, 11) is -5.82. The number of nitrogens with one attached hydrogen (secondary N) is 1. The van der Waals surface area contributed by atoms with Crippen LogP contribution in [0, 0.1) is 0 Å². The predicted molar refractivity (Wildman–Crippen MR) is 98.5 cm³/mol. The Morgan fingerprint density at radius 2 is 2.04 bits per heavy atom. The summed E-state index contributed by atoms with van der Waals surface area (Å²) in [6, 6.07) is 4.17. The van der Waals surface area contributed by atoms with Crippen molar-refractivity contribution in [3.8, 4) is 5.75 Å². The lowest BCUT2D eigenvalue weighted by Gasteiger charge is -2.35. The molecule has 1 amide bonds. The molecule has 1 aromatic rings. The number of hydrogen-bond donors (Lipinski definition) is 1. The van der Waals surface area contributed by atoms with Crippen molar-refractivity contribution in [1.29, 1.82) is 0 Å². The van der Waals surface area contributed by atoms with Crippen molar-refractivity contribution >= 4 is 31.5 Å². The fourth-order valence-corrected chi connectivity index (χ4v) is 7.36. The maximum absolute atomic E-state index is 13.2. The highest BCUT2D eigenvalue weighted by Crippen LogP contribution is 2.35. The number of benzene rings is 1. The van der Waals surface area contributed by atoms with Crippen LogP contribution in [0.2, 0.25) is 0 Å². The van der Waals surface area contributed by atoms with Gasteiger partial charge in [0.15, 0.2) is 9.84 Å². The van der Waals surface area contributed by atoms with Crippen molar-refractivity contribution in [3.63, 3.8) is 0 Å². The summed E-state index contributed by atoms with van der Waals surface area (Å²) >= 11 is 0. The van der Waals surface area contributed by atoms with Crippen molar-refractivity contribution in [2.45, 2.75) is 37.6 Å². The van der Waals surface area contributed by atoms with Gasteiger partial charge in [0.1, 0.15) is 5.75 Å². The van der Waals surface area contributed by atoms with E-state index in [9.17, 15) is 21.6 Å². The van der Waals surface area contributed by atoms with Gasteiger partial charge >= 0.3 is 0 Å². The lowest BCUT2D eigenvalue weighted by Crippen LogP contribution is -2.50. The smallest absolute Gasteiger partial charge is 0.243 e. The van der Waals surface area contributed by atoms with Crippen LogP contribution in [0.15, 0.2) is 23.1 Å². The van der Waals surface area contributed by atoms with E-state index in [1.165, 1.54) is 36.5 Å². The summed E-state index contributed by atoms with van der Waals surface area (Å²) in [5.41, 5.74) is -0.762. The van der Waals surface area contributed by atoms with Crippen LogP contribution >= 0.6 is 0 Å². The quantitative estimate of drug-likeness (QED) is 0.764. The fourth-order valence-electron chi connectivity index (χ4n) is 3.29. The van der Waals surface area contributed by atoms with E-state index in [2.05, 4.69) is 5.32 Å². The Bertz CT molecular complexity index is 911. The predicted octanol–water partition coefficient (Wildman–Crippen LogP) is 1.24. The van der Waals surface area contributed by atoms with Crippen molar-refractivity contribution in [2.75, 3.05) is 30.5 Å². The SMILES string of the molecule is CCN([C@]1(C)CCS(=O)(=O)C1)S(=O)(=O)c1ccc(OC)c(NC(C)=O)c1. The zero-order valence-electron chi connectivity index (χ0n) is 15.3. The number of methoxy groups -OCH3 is 1. The molecule has 1 N–H and O–H groups in total. The summed E-state index contributed by atoms with van der Waals surface area (Å²) in [6.07, 6.45) is 0.247. The van der Waals surface area contributed by atoms with Gasteiger partial charge in [0.25, 0.3) is 0 Å². The van der Waals surface area contributed by atoms with Gasteiger partial charge in [-0.1, -0.05) is 6.92 Å². The first-order chi connectivity index (χ1) is 11.9. The maximum atomic E-state index is 13.2. The Kier molecular flexibility index (Phi) is 5.69. The third kappa shape index (κ3) is 4.02. The van der Waals surface area contributed by atoms with E-state index >= 15 is 0 Å². The van der Waals surface area contributed by atoms with Gasteiger partial charge in [-0.2, -0.15) is 4.31 Å². The number of hydrogen-bond acceptors (Lipinski definition) is 6. The molecule has 1 heterocycles. The number of sulfone groups is 1. The summed E-state index contributed by atoms with van der Waals surface area (Å²) in [4.78, 5) is 11.3. The molecule has 10 heteroatoms. The normalized spacial score (nSPS) is 22.3. The summed E-state index contributed by atoms with van der Waals surface area (Å²) in [5.74, 6) is -0.271. The number of anilines is 1. The molecule has 0 radical (unpaired) electrons. The molecule has 1 atom stereocenters. The molecule has 146 valence electrons. The van der Waals surface area contributed by atoms with Gasteiger partial charge in [0, 0.05) is 19.0 Å². The third-order valence-corrected chi connectivity index (χ3v) is 8.46. The first-order valence-electron chi connectivity index (χ1n) is 8.14. The van der Waals surface area contributed by atoms with E-state index in [0.29, 0.717) is 5.75 Å². The lowest BCUT2D eigenvalue weighted by atomic mass is 10.0. The minimum absolute atomic E-state index is 0.0325. The molecule has 1 fully saturated rings. The van der Waals surface area contributed by atoms with Gasteiger partial charge in [-0.15, -0.1) is 0 Å². The summed E-state index contributed by atoms with van der Waals surface area (Å²) < 4.78 is 56.5. The van der Waals surface area contributed by atoms with Gasteiger partial charge in [-0.05, 0) is 31.5 Å². The Morgan fingerprint density at radius 3 is 2.50 bits per heavy atom. The zero-order chi connectivity index (χ0) is 19.8. The highest BCUT2D eigenvalue weighted by atomic mass is 32.2. The Balaban J connectivity index is 2.50. The summed E-state index contributed by atoms with van der Waals surface area (Å²) in [6.45, 7) is 4.77. The summed E-state index contributed by atoms with van der Waals surface area (Å²) in [5, 5.41) is 2.54. The number of ether oxygens (including phenoxy) is 1. The second-order valence-electron chi connectivity index (χ2n) is 6.55. The maximum Gasteiger partial charge on any atom is 0.243 e. The van der Waals surface area contributed by atoms with Crippen molar-refractivity contribution in [3.05, 3.63) is 18.2 Å². The van der Waals surface area contributed by atoms with Crippen LogP contribution in [0.3, 0.4) is 0 Å². The molecular formula is C16H24N2O6S2. The first kappa shape index (κ1) is 20.7. The molecule has 0 saturated carbocycles. The zero-order valence-corrected chi connectivity index (χ0v) is 16.9. The number of amides is 1. The first-order valence-corrected chi connectivity index (χ1v) is 11.4. The molecule has 0 spiro atoms. The molecule has 26 heavy (non-hydrogen) atoms. The van der Waals surface area contributed by atoms with Crippen molar-refractivity contribution in [2.24, 2.45) is 0 Å². The number of sulfonamides is 1. The van der Waals surface area contributed by atoms with E-state index in [-0.39, 0.29) is 41.0 Å². The minimum atomic E-state index is -3.96. The molecule has 1 aliphatic rings. The standard InChI is InChI=1S/C16H24N2O6S2/c1-5-18(16(3)8-9-25(20,21)11-16)26(22,23)13-6-7-15(24-4)14(10-13)17-12(2)19/h6-7,10H,5,8-9,11H2,1-4H3,(H,17,19)/t16-/m1/s1. The highest BCUT2D eigenvalue weighted by molar-refractivity contribution is 7.92. The van der Waals surface area contributed by atoms with Crippen LogP contribution in [-0.4, -0.2) is 57.7 Å². The molecule has 0 aliphatic carbocycles. The van der Waals surface area contributed by atoms with Crippen molar-refractivity contribution in [1.82, 2.24) is 4.31 Å². The van der Waals surface area contributed by atoms with Crippen LogP contribution in [0.4, 0.5) is 5.69 Å². The molecule has 8 nitrogen and oxygen atoms in total. The van der Waals surface area contributed by atoms with Gasteiger partial charge < -0.3 is 10.1 Å². The Labute approximate surface area is 154 Å². The monoisotopic (exact) mass is 404 g/mol. The van der Waals surface area contributed by atoms with Crippen molar-refractivity contribution < 1.29 is 26.4 Å². The fraction of sp³-hybridized carbons (Fsp3) is 0.562. The van der Waals surface area contributed by atoms with Crippen LogP contribution in [0.1, 0.15) is 27.2 Å². The largest absolute Gasteiger partial charge is 0.495 e. The molecule has 1 saturated heterocycles. The third-order valence-electron chi connectivity index (χ3n) is 4.44. The number of rotatable bonds is 6. The molecule has 0 bridgehead atoms. The van der Waals surface area contributed by atoms with E-state index in [1.54, 1.807) is 13.8 Å². The van der Waals surface area contributed by atoms with Gasteiger partial charge in [-0.3, -0.25) is 4.79 Å². The van der Waals surface area contributed by atoms with Crippen LogP contribution in [0.25, 0.3) is 0 Å². The molecule has 0 unspecified atom stereocenters. The highest BCUT2D eigenvalue weighted by Gasteiger charge is 2.47. The van der Waals surface area contributed by atoms with Crippen LogP contribution in [0.5, 0.6) is 5.75 Å². The number of carbonyl (C=O) groups is 1. The average Bonchev–Trinajstić information content (AvgIpc) is 2.80. The van der Waals surface area contributed by atoms with E-state index in [4.69, 9.17) is 4.74 Å². The topological polar surface area (TPSA) is 110 Å². The molecule has 1 aliphatic heterocycles. The number of carbonyl (C=O) groups excluding carboxylic acids is 1. The molecule has 2 rings (SSSR count). The van der Waals surface area contributed by atoms with Gasteiger partial charge in [-0.25, -0.2) is 16.8 Å². The number of nitrogens with zero attached hydrogens (tertiary/aromatic N) is 1. The van der Waals surface area contributed by atoms with Crippen LogP contribution in [-0.2, 0) is 24.7 Å². The average molecular weight is 405 g/mol.